The summed E-state index contributed by atoms with van der Waals surface area (Å²) in [5.74, 6) is -0.802. The quantitative estimate of drug-likeness (QED) is 0.357. The lowest BCUT2D eigenvalue weighted by molar-refractivity contribution is -0.137. The van der Waals surface area contributed by atoms with Crippen LogP contribution in [-0.4, -0.2) is 59.9 Å². The minimum atomic E-state index is -0.795. The van der Waals surface area contributed by atoms with Gasteiger partial charge in [-0.25, -0.2) is 14.6 Å². The first kappa shape index (κ1) is 24.5. The normalized spacial score (nSPS) is 14.2. The summed E-state index contributed by atoms with van der Waals surface area (Å²) in [6, 6.07) is 15.7. The number of aromatic nitrogens is 5. The van der Waals surface area contributed by atoms with Gasteiger partial charge in [0.2, 0.25) is 0 Å². The van der Waals surface area contributed by atoms with Crippen LogP contribution >= 0.6 is 0 Å². The topological polar surface area (TPSA) is 114 Å². The van der Waals surface area contributed by atoms with E-state index in [1.165, 1.54) is 0 Å². The van der Waals surface area contributed by atoms with Gasteiger partial charge in [-0.3, -0.25) is 9.59 Å². The third kappa shape index (κ3) is 5.66. The Balaban J connectivity index is 1.36. The molecule has 9 heteroatoms. The molecule has 0 bridgehead atoms. The molecule has 0 atom stereocenters. The first-order valence-electron chi connectivity index (χ1n) is 12.7. The number of unbranched alkanes of at least 4 members (excludes halogenated alkanes) is 1. The van der Waals surface area contributed by atoms with Gasteiger partial charge in [-0.05, 0) is 57.2 Å². The molecule has 1 saturated heterocycles. The van der Waals surface area contributed by atoms with Gasteiger partial charge in [-0.2, -0.15) is 0 Å². The van der Waals surface area contributed by atoms with Gasteiger partial charge in [-0.1, -0.05) is 35.5 Å². The summed E-state index contributed by atoms with van der Waals surface area (Å²) >= 11 is 0. The molecule has 0 radical (unpaired) electrons. The second-order valence-electron chi connectivity index (χ2n) is 9.55. The van der Waals surface area contributed by atoms with Crippen molar-refractivity contribution in [3.05, 3.63) is 71.7 Å². The molecule has 0 unspecified atom stereocenters. The molecule has 3 heterocycles. The average Bonchev–Trinajstić information content (AvgIpc) is 3.36. The van der Waals surface area contributed by atoms with Crippen molar-refractivity contribution in [3.63, 3.8) is 0 Å². The van der Waals surface area contributed by atoms with Crippen LogP contribution in [0.15, 0.2) is 54.7 Å². The number of nitrogens with zero attached hydrogens (tertiary/aromatic N) is 6. The Kier molecular flexibility index (Phi) is 7.20. The number of likely N-dealkylation sites (tertiary alicyclic amines) is 1. The van der Waals surface area contributed by atoms with Crippen LogP contribution in [0.3, 0.4) is 0 Å². The predicted molar refractivity (Wildman–Crippen MR) is 139 cm³/mol. The number of hydrogen-bond acceptors (Lipinski definition) is 6. The zero-order chi connectivity index (χ0) is 25.8. The maximum Gasteiger partial charge on any atom is 0.303 e. The third-order valence-corrected chi connectivity index (χ3v) is 6.84. The summed E-state index contributed by atoms with van der Waals surface area (Å²) in [6.07, 6.45) is 5.65. The first-order chi connectivity index (χ1) is 18.0. The fourth-order valence-electron chi connectivity index (χ4n) is 4.85. The van der Waals surface area contributed by atoms with Gasteiger partial charge in [0, 0.05) is 36.8 Å². The van der Waals surface area contributed by atoms with E-state index < -0.39 is 5.97 Å². The molecule has 190 valence electrons. The summed E-state index contributed by atoms with van der Waals surface area (Å²) in [4.78, 5) is 36.0. The van der Waals surface area contributed by atoms with Crippen LogP contribution in [0.4, 0.5) is 0 Å². The highest BCUT2D eigenvalue weighted by Crippen LogP contribution is 2.27. The van der Waals surface area contributed by atoms with Crippen molar-refractivity contribution < 1.29 is 14.7 Å². The summed E-state index contributed by atoms with van der Waals surface area (Å²) in [5.41, 5.74) is 5.48. The van der Waals surface area contributed by atoms with E-state index in [0.29, 0.717) is 43.4 Å². The number of carbonyl (C=O) groups excluding carboxylic acids is 1. The standard InChI is InChI=1S/C28H30N6O3/c1-19-18-34(32-31-19)22-13-15-33(16-14-22)28(37)21-11-12-23-25(17-21)29-24(9-5-6-10-26(35)36)27(30-23)20-7-3-2-4-8-20/h2-4,7-8,11-12,17-18,22H,5-6,9-10,13-16H2,1H3,(H,35,36). The van der Waals surface area contributed by atoms with E-state index >= 15 is 0 Å². The molecule has 5 rings (SSSR count). The number of aliphatic carboxylic acids is 1. The number of carboxylic acid groups (broad SMARTS) is 1. The van der Waals surface area contributed by atoms with Crippen molar-refractivity contribution in [3.8, 4) is 11.3 Å². The lowest BCUT2D eigenvalue weighted by Crippen LogP contribution is -2.39. The smallest absolute Gasteiger partial charge is 0.303 e. The Labute approximate surface area is 215 Å². The van der Waals surface area contributed by atoms with E-state index in [4.69, 9.17) is 15.1 Å². The second kappa shape index (κ2) is 10.9. The second-order valence-corrected chi connectivity index (χ2v) is 9.55. The zero-order valence-electron chi connectivity index (χ0n) is 20.9. The number of piperidine rings is 1. The molecule has 1 amide bonds. The fourth-order valence-corrected chi connectivity index (χ4v) is 4.85. The van der Waals surface area contributed by atoms with E-state index in [9.17, 15) is 9.59 Å². The zero-order valence-corrected chi connectivity index (χ0v) is 20.9. The molecular weight excluding hydrogens is 468 g/mol. The van der Waals surface area contributed by atoms with Gasteiger partial charge in [0.25, 0.3) is 5.91 Å². The number of hydrogen-bond donors (Lipinski definition) is 1. The number of benzene rings is 2. The van der Waals surface area contributed by atoms with Crippen molar-refractivity contribution in [2.24, 2.45) is 0 Å². The molecule has 1 aliphatic heterocycles. The molecular formula is C28H30N6O3. The first-order valence-corrected chi connectivity index (χ1v) is 12.7. The fraction of sp³-hybridized carbons (Fsp3) is 0.357. The number of carbonyl (C=O) groups is 2. The number of carboxylic acids is 1. The maximum atomic E-state index is 13.3. The van der Waals surface area contributed by atoms with Gasteiger partial charge < -0.3 is 10.0 Å². The molecule has 0 spiro atoms. The lowest BCUT2D eigenvalue weighted by atomic mass is 10.0. The summed E-state index contributed by atoms with van der Waals surface area (Å²) in [6.45, 7) is 3.25. The minimum Gasteiger partial charge on any atom is -0.481 e. The van der Waals surface area contributed by atoms with Gasteiger partial charge >= 0.3 is 5.97 Å². The predicted octanol–water partition coefficient (Wildman–Crippen LogP) is 4.47. The largest absolute Gasteiger partial charge is 0.481 e. The SMILES string of the molecule is Cc1cn(C2CCN(C(=O)c3ccc4nc(-c5ccccc5)c(CCCCC(=O)O)nc4c3)CC2)nn1. The molecule has 9 nitrogen and oxygen atoms in total. The highest BCUT2D eigenvalue weighted by atomic mass is 16.4. The average molecular weight is 499 g/mol. The van der Waals surface area contributed by atoms with E-state index in [-0.39, 0.29) is 18.4 Å². The molecule has 2 aromatic heterocycles. The van der Waals surface area contributed by atoms with Crippen LogP contribution in [0.25, 0.3) is 22.3 Å². The van der Waals surface area contributed by atoms with Crippen LogP contribution in [-0.2, 0) is 11.2 Å². The van der Waals surface area contributed by atoms with Crippen molar-refractivity contribution in [1.29, 1.82) is 0 Å². The third-order valence-electron chi connectivity index (χ3n) is 6.84. The van der Waals surface area contributed by atoms with Crippen LogP contribution in [0, 0.1) is 6.92 Å². The Morgan fingerprint density at radius 1 is 1.00 bits per heavy atom. The molecule has 1 fully saturated rings. The highest BCUT2D eigenvalue weighted by Gasteiger charge is 2.25. The number of amides is 1. The van der Waals surface area contributed by atoms with Crippen LogP contribution < -0.4 is 0 Å². The maximum absolute atomic E-state index is 13.3. The molecule has 1 aliphatic rings. The van der Waals surface area contributed by atoms with Crippen molar-refractivity contribution >= 4 is 22.9 Å². The van der Waals surface area contributed by atoms with Gasteiger partial charge in [0.1, 0.15) is 0 Å². The molecule has 1 N–H and O–H groups in total. The van der Waals surface area contributed by atoms with Crippen LogP contribution in [0.1, 0.15) is 59.9 Å². The van der Waals surface area contributed by atoms with Crippen molar-refractivity contribution in [1.82, 2.24) is 29.9 Å². The molecule has 4 aromatic rings. The number of aryl methyl sites for hydroxylation is 2. The monoisotopic (exact) mass is 498 g/mol. The molecule has 37 heavy (non-hydrogen) atoms. The van der Waals surface area contributed by atoms with E-state index in [0.717, 1.165) is 41.0 Å². The molecule has 0 saturated carbocycles. The summed E-state index contributed by atoms with van der Waals surface area (Å²) in [5, 5.41) is 17.2. The lowest BCUT2D eigenvalue weighted by Gasteiger charge is -2.32. The van der Waals surface area contributed by atoms with E-state index in [2.05, 4.69) is 10.3 Å². The Morgan fingerprint density at radius 3 is 2.49 bits per heavy atom. The summed E-state index contributed by atoms with van der Waals surface area (Å²) in [7, 11) is 0. The molecule has 2 aromatic carbocycles. The Bertz CT molecular complexity index is 1410. The van der Waals surface area contributed by atoms with Crippen LogP contribution in [0.5, 0.6) is 0 Å². The number of fused-ring (bicyclic) bond motifs is 1. The summed E-state index contributed by atoms with van der Waals surface area (Å²) < 4.78 is 1.91. The number of rotatable bonds is 8. The Morgan fingerprint density at radius 2 is 1.78 bits per heavy atom. The van der Waals surface area contributed by atoms with E-state index in [1.54, 1.807) is 0 Å². The highest BCUT2D eigenvalue weighted by molar-refractivity contribution is 5.97. The van der Waals surface area contributed by atoms with Crippen molar-refractivity contribution in [2.45, 2.75) is 51.5 Å². The van der Waals surface area contributed by atoms with Crippen LogP contribution in [0.2, 0.25) is 0 Å². The Hall–Kier alpha value is -4.14. The van der Waals surface area contributed by atoms with Gasteiger partial charge in [0.15, 0.2) is 0 Å². The minimum absolute atomic E-state index is 0.00735. The van der Waals surface area contributed by atoms with Gasteiger partial charge in [0.05, 0.1) is 34.2 Å². The van der Waals surface area contributed by atoms with E-state index in [1.807, 2.05) is 71.2 Å². The van der Waals surface area contributed by atoms with Crippen molar-refractivity contribution in [2.75, 3.05) is 13.1 Å². The molecule has 0 aliphatic carbocycles. The van der Waals surface area contributed by atoms with Gasteiger partial charge in [-0.15, -0.1) is 5.10 Å².